The number of nitrogens with one attached hydrogen (secondary N) is 1. The summed E-state index contributed by atoms with van der Waals surface area (Å²) in [7, 11) is 1.58. The van der Waals surface area contributed by atoms with Crippen molar-refractivity contribution >= 4 is 11.8 Å². The number of aromatic nitrogens is 3. The summed E-state index contributed by atoms with van der Waals surface area (Å²) in [4.78, 5) is 31.7. The monoisotopic (exact) mass is 505 g/mol. The third-order valence-electron chi connectivity index (χ3n) is 6.66. The van der Waals surface area contributed by atoms with E-state index >= 15 is 0 Å². The molecule has 10 nitrogen and oxygen atoms in total. The molecule has 0 saturated carbocycles. The summed E-state index contributed by atoms with van der Waals surface area (Å²) in [5.41, 5.74) is 3.01. The molecule has 2 amide bonds. The van der Waals surface area contributed by atoms with E-state index in [1.165, 1.54) is 6.33 Å². The number of nitrogens with zero attached hydrogens (tertiary/aromatic N) is 4. The predicted octanol–water partition coefficient (Wildman–Crippen LogP) is 2.52. The van der Waals surface area contributed by atoms with Crippen LogP contribution in [-0.2, 0) is 22.6 Å². The highest BCUT2D eigenvalue weighted by Crippen LogP contribution is 2.42. The Morgan fingerprint density at radius 1 is 1.24 bits per heavy atom. The first-order valence-electron chi connectivity index (χ1n) is 12.6. The van der Waals surface area contributed by atoms with Gasteiger partial charge in [-0.25, -0.2) is 4.98 Å². The summed E-state index contributed by atoms with van der Waals surface area (Å²) in [5, 5.41) is 6.98. The van der Waals surface area contributed by atoms with Gasteiger partial charge >= 0.3 is 0 Å². The Labute approximate surface area is 215 Å². The van der Waals surface area contributed by atoms with Gasteiger partial charge in [0.2, 0.25) is 5.91 Å². The molecule has 1 atom stereocenters. The third kappa shape index (κ3) is 5.68. The molecule has 3 aliphatic rings. The molecule has 4 heterocycles. The number of aryl methyl sites for hydroxylation is 1. The van der Waals surface area contributed by atoms with Gasteiger partial charge in [0.15, 0.2) is 18.1 Å². The third-order valence-corrected chi connectivity index (χ3v) is 6.66. The van der Waals surface area contributed by atoms with Crippen molar-refractivity contribution in [3.63, 3.8) is 0 Å². The highest BCUT2D eigenvalue weighted by atomic mass is 16.5. The Hall–Kier alpha value is -4.08. The number of hydrogen-bond donors (Lipinski definition) is 1. The van der Waals surface area contributed by atoms with Crippen LogP contribution in [0.25, 0.3) is 0 Å². The Morgan fingerprint density at radius 3 is 3.00 bits per heavy atom. The van der Waals surface area contributed by atoms with E-state index in [1.54, 1.807) is 18.1 Å². The van der Waals surface area contributed by atoms with E-state index < -0.39 is 0 Å². The van der Waals surface area contributed by atoms with Gasteiger partial charge in [-0.15, -0.1) is 0 Å². The van der Waals surface area contributed by atoms with Crippen LogP contribution in [0.15, 0.2) is 49.1 Å². The summed E-state index contributed by atoms with van der Waals surface area (Å²) < 4.78 is 19.2. The molecule has 37 heavy (non-hydrogen) atoms. The van der Waals surface area contributed by atoms with Gasteiger partial charge < -0.3 is 24.4 Å². The molecule has 0 aliphatic carbocycles. The minimum Gasteiger partial charge on any atom is -0.494 e. The molecule has 0 spiro atoms. The Balaban J connectivity index is 1.50. The van der Waals surface area contributed by atoms with Gasteiger partial charge in [-0.1, -0.05) is 12.1 Å². The maximum absolute atomic E-state index is 13.5. The Kier molecular flexibility index (Phi) is 7.53. The van der Waals surface area contributed by atoms with Crippen LogP contribution in [0.4, 0.5) is 0 Å². The van der Waals surface area contributed by atoms with Gasteiger partial charge in [0.05, 0.1) is 19.8 Å². The van der Waals surface area contributed by atoms with Crippen molar-refractivity contribution in [2.75, 3.05) is 33.4 Å². The average molecular weight is 506 g/mol. The number of methoxy groups -OCH3 is 1. The number of rotatable bonds is 5. The maximum Gasteiger partial charge on any atom is 0.257 e. The summed E-state index contributed by atoms with van der Waals surface area (Å²) in [6.45, 7) is 2.05. The summed E-state index contributed by atoms with van der Waals surface area (Å²) in [6.07, 6.45) is 5.55. The number of ether oxygens (including phenoxy) is 3. The fourth-order valence-corrected chi connectivity index (χ4v) is 4.87. The topological polar surface area (TPSA) is 108 Å². The number of benzene rings is 2. The lowest BCUT2D eigenvalue weighted by Crippen LogP contribution is -2.40. The second-order valence-corrected chi connectivity index (χ2v) is 9.12. The van der Waals surface area contributed by atoms with Crippen molar-refractivity contribution in [1.29, 1.82) is 0 Å². The van der Waals surface area contributed by atoms with Crippen molar-refractivity contribution in [3.05, 3.63) is 65.7 Å². The van der Waals surface area contributed by atoms with Crippen LogP contribution < -0.4 is 19.5 Å². The summed E-state index contributed by atoms with van der Waals surface area (Å²) in [5.74, 6) is 1.65. The van der Waals surface area contributed by atoms with E-state index in [0.717, 1.165) is 22.4 Å². The van der Waals surface area contributed by atoms with Gasteiger partial charge in [-0.3, -0.25) is 14.3 Å². The second kappa shape index (κ2) is 11.3. The van der Waals surface area contributed by atoms with E-state index in [1.807, 2.05) is 41.3 Å². The van der Waals surface area contributed by atoms with E-state index in [-0.39, 0.29) is 24.5 Å². The van der Waals surface area contributed by atoms with E-state index in [9.17, 15) is 9.59 Å². The molecule has 3 aliphatic heterocycles. The van der Waals surface area contributed by atoms with Crippen molar-refractivity contribution in [2.24, 2.45) is 0 Å². The van der Waals surface area contributed by atoms with Gasteiger partial charge in [0, 0.05) is 26.1 Å². The number of carbonyl (C=O) groups is 2. The number of carbonyl (C=O) groups excluding carboxylic acids is 2. The zero-order chi connectivity index (χ0) is 25.6. The Bertz CT molecular complexity index is 1250. The first-order valence-corrected chi connectivity index (χ1v) is 12.6. The molecule has 0 fully saturated rings. The van der Waals surface area contributed by atoms with E-state index in [4.69, 9.17) is 14.2 Å². The molecule has 1 N–H and O–H groups in total. The van der Waals surface area contributed by atoms with Crippen molar-refractivity contribution in [2.45, 2.75) is 38.3 Å². The lowest BCUT2D eigenvalue weighted by molar-refractivity contribution is -0.133. The second-order valence-electron chi connectivity index (χ2n) is 9.12. The molecule has 1 aromatic heterocycles. The quantitative estimate of drug-likeness (QED) is 0.568. The molecule has 0 radical (unpaired) electrons. The lowest BCUT2D eigenvalue weighted by atomic mass is 9.87. The van der Waals surface area contributed by atoms with Gasteiger partial charge in [0.25, 0.3) is 5.91 Å². The van der Waals surface area contributed by atoms with Crippen LogP contribution in [0.3, 0.4) is 0 Å². The van der Waals surface area contributed by atoms with Crippen molar-refractivity contribution in [1.82, 2.24) is 25.0 Å². The highest BCUT2D eigenvalue weighted by molar-refractivity contribution is 5.78. The summed E-state index contributed by atoms with van der Waals surface area (Å²) >= 11 is 0. The minimum absolute atomic E-state index is 0.0763. The highest BCUT2D eigenvalue weighted by Gasteiger charge is 2.33. The SMILES string of the molecule is COc1cc2c3cc1OCC(=O)NCCCOc1cccc(c1)C2N(C(=O)CCCn1cncn1)CC3. The molecular weight excluding hydrogens is 474 g/mol. The molecule has 10 heteroatoms. The van der Waals surface area contributed by atoms with Crippen LogP contribution in [0.1, 0.15) is 42.0 Å². The zero-order valence-corrected chi connectivity index (χ0v) is 20.9. The number of amides is 2. The van der Waals surface area contributed by atoms with Crippen molar-refractivity contribution < 1.29 is 23.8 Å². The molecule has 3 aromatic rings. The zero-order valence-electron chi connectivity index (χ0n) is 20.9. The van der Waals surface area contributed by atoms with Crippen LogP contribution in [0.5, 0.6) is 17.2 Å². The maximum atomic E-state index is 13.5. The van der Waals surface area contributed by atoms with Crippen LogP contribution >= 0.6 is 0 Å². The smallest absolute Gasteiger partial charge is 0.257 e. The van der Waals surface area contributed by atoms with Gasteiger partial charge in [0.1, 0.15) is 18.4 Å². The first-order chi connectivity index (χ1) is 18.1. The fourth-order valence-electron chi connectivity index (χ4n) is 4.87. The molecule has 0 saturated heterocycles. The first kappa shape index (κ1) is 24.6. The number of fused-ring (bicyclic) bond motifs is 8. The van der Waals surface area contributed by atoms with Crippen molar-refractivity contribution in [3.8, 4) is 17.2 Å². The van der Waals surface area contributed by atoms with Gasteiger partial charge in [-0.2, -0.15) is 5.10 Å². The molecular formula is C27H31N5O5. The number of hydrogen-bond acceptors (Lipinski definition) is 7. The molecule has 6 rings (SSSR count). The average Bonchev–Trinajstić information content (AvgIpc) is 3.43. The normalized spacial score (nSPS) is 17.5. The molecule has 1 unspecified atom stereocenters. The lowest BCUT2D eigenvalue weighted by Gasteiger charge is -2.38. The summed E-state index contributed by atoms with van der Waals surface area (Å²) in [6, 6.07) is 11.5. The van der Waals surface area contributed by atoms with E-state index in [2.05, 4.69) is 15.4 Å². The Morgan fingerprint density at radius 2 is 2.16 bits per heavy atom. The largest absolute Gasteiger partial charge is 0.494 e. The van der Waals surface area contributed by atoms with Crippen LogP contribution in [0, 0.1) is 0 Å². The van der Waals surface area contributed by atoms with Crippen LogP contribution in [0.2, 0.25) is 0 Å². The van der Waals surface area contributed by atoms with E-state index in [0.29, 0.717) is 63.4 Å². The minimum atomic E-state index is -0.301. The fraction of sp³-hybridized carbons (Fsp3) is 0.407. The standard InChI is InChI=1S/C27H31N5O5/c1-35-23-15-22-19-8-11-32(26(34)7-3-10-31-18-28-17-30-31)27(22)20-5-2-6-21(13-20)36-12-4-9-29-25(33)16-37-24(23)14-19/h2,5-6,13-15,17-18,27H,3-4,7-12,16H2,1H3,(H,29,33). The predicted molar refractivity (Wildman–Crippen MR) is 135 cm³/mol. The molecule has 2 aromatic carbocycles. The molecule has 6 bridgehead atoms. The molecule has 194 valence electrons. The van der Waals surface area contributed by atoms with Crippen LogP contribution in [-0.4, -0.2) is 64.9 Å². The van der Waals surface area contributed by atoms with Gasteiger partial charge in [-0.05, 0) is 60.2 Å².